The van der Waals surface area contributed by atoms with Gasteiger partial charge in [0, 0.05) is 4.48 Å². The molecule has 0 atom stereocenters. The molecule has 0 aliphatic heterocycles. The Kier molecular flexibility index (Phi) is 4.78. The summed E-state index contributed by atoms with van der Waals surface area (Å²) in [5.74, 6) is 0.908. The quantitative estimate of drug-likeness (QED) is 0.773. The first-order chi connectivity index (χ1) is 6.79. The predicted octanol–water partition coefficient (Wildman–Crippen LogP) is 4.03. The van der Waals surface area contributed by atoms with Crippen molar-refractivity contribution < 1.29 is 0 Å². The van der Waals surface area contributed by atoms with Crippen LogP contribution in [0.5, 0.6) is 0 Å². The summed E-state index contributed by atoms with van der Waals surface area (Å²) in [6.07, 6.45) is 0. The third-order valence-electron chi connectivity index (χ3n) is 1.62. The number of hydrogen-bond acceptors (Lipinski definition) is 2. The van der Waals surface area contributed by atoms with Crippen molar-refractivity contribution >= 4 is 32.2 Å². The van der Waals surface area contributed by atoms with Crippen molar-refractivity contribution in [3.63, 3.8) is 0 Å². The van der Waals surface area contributed by atoms with E-state index in [1.54, 1.807) is 11.8 Å². The normalized spacial score (nSPS) is 11.8. The summed E-state index contributed by atoms with van der Waals surface area (Å²) in [6.45, 7) is 2.04. The molecule has 0 saturated heterocycles. The Morgan fingerprint density at radius 3 is 2.57 bits per heavy atom. The van der Waals surface area contributed by atoms with E-state index in [0.717, 1.165) is 20.7 Å². The van der Waals surface area contributed by atoms with Gasteiger partial charge in [0.05, 0.1) is 4.91 Å². The Morgan fingerprint density at radius 2 is 2.07 bits per heavy atom. The predicted molar refractivity (Wildman–Crippen MR) is 66.0 cm³/mol. The number of thioether (sulfide) groups is 1. The summed E-state index contributed by atoms with van der Waals surface area (Å²) in [5.41, 5.74) is 1.05. The minimum atomic E-state index is 0.735. The summed E-state index contributed by atoms with van der Waals surface area (Å²) in [7, 11) is 0. The lowest BCUT2D eigenvalue weighted by molar-refractivity contribution is 1.51. The number of benzene rings is 1. The van der Waals surface area contributed by atoms with Crippen LogP contribution in [0.3, 0.4) is 0 Å². The van der Waals surface area contributed by atoms with Gasteiger partial charge in [-0.3, -0.25) is 0 Å². The molecule has 0 N–H and O–H groups in total. The molecule has 0 spiro atoms. The van der Waals surface area contributed by atoms with Gasteiger partial charge in [0.15, 0.2) is 0 Å². The Hall–Kier alpha value is -0.720. The second kappa shape index (κ2) is 5.90. The molecule has 0 heterocycles. The number of rotatable bonds is 3. The largest absolute Gasteiger partial charge is 0.192 e. The van der Waals surface area contributed by atoms with Gasteiger partial charge in [-0.25, -0.2) is 0 Å². The van der Waals surface area contributed by atoms with Gasteiger partial charge in [-0.15, -0.1) is 11.8 Å². The van der Waals surface area contributed by atoms with Crippen molar-refractivity contribution in [2.75, 3.05) is 5.75 Å². The Bertz CT molecular complexity index is 365. The van der Waals surface area contributed by atoms with Gasteiger partial charge in [0.25, 0.3) is 0 Å². The van der Waals surface area contributed by atoms with Crippen molar-refractivity contribution in [3.05, 3.63) is 40.8 Å². The van der Waals surface area contributed by atoms with Gasteiger partial charge >= 0.3 is 0 Å². The van der Waals surface area contributed by atoms with E-state index in [-0.39, 0.29) is 0 Å². The molecule has 0 aromatic heterocycles. The summed E-state index contributed by atoms with van der Waals surface area (Å²) in [4.78, 5) is 0.735. The van der Waals surface area contributed by atoms with Crippen molar-refractivity contribution in [2.45, 2.75) is 6.92 Å². The third-order valence-corrected chi connectivity index (χ3v) is 3.61. The highest BCUT2D eigenvalue weighted by Gasteiger charge is 2.05. The Labute approximate surface area is 96.9 Å². The minimum absolute atomic E-state index is 0.735. The van der Waals surface area contributed by atoms with Crippen LogP contribution in [0.25, 0.3) is 4.48 Å². The maximum atomic E-state index is 8.93. The van der Waals surface area contributed by atoms with E-state index in [9.17, 15) is 0 Å². The molecule has 0 aliphatic rings. The molecule has 1 nitrogen and oxygen atoms in total. The van der Waals surface area contributed by atoms with Crippen molar-refractivity contribution in [1.29, 1.82) is 5.26 Å². The van der Waals surface area contributed by atoms with Crippen molar-refractivity contribution in [3.8, 4) is 6.07 Å². The van der Waals surface area contributed by atoms with Gasteiger partial charge in [-0.05, 0) is 27.2 Å². The lowest BCUT2D eigenvalue weighted by Gasteiger charge is -2.02. The van der Waals surface area contributed by atoms with E-state index in [1.807, 2.05) is 37.3 Å². The first kappa shape index (κ1) is 11.4. The van der Waals surface area contributed by atoms with E-state index in [2.05, 4.69) is 22.0 Å². The molecule has 14 heavy (non-hydrogen) atoms. The second-order valence-corrected chi connectivity index (χ2v) is 4.62. The number of nitriles is 1. The van der Waals surface area contributed by atoms with E-state index in [0.29, 0.717) is 0 Å². The lowest BCUT2D eigenvalue weighted by Crippen LogP contribution is -1.81. The molecule has 0 unspecified atom stereocenters. The average Bonchev–Trinajstić information content (AvgIpc) is 2.26. The fourth-order valence-corrected chi connectivity index (χ4v) is 2.30. The monoisotopic (exact) mass is 267 g/mol. The highest BCUT2D eigenvalue weighted by molar-refractivity contribution is 9.15. The molecular weight excluding hydrogens is 258 g/mol. The fraction of sp³-hybridized carbons (Fsp3) is 0.182. The fourth-order valence-electron chi connectivity index (χ4n) is 1.00. The molecule has 1 rings (SSSR count). The van der Waals surface area contributed by atoms with Crippen LogP contribution in [0.15, 0.2) is 35.2 Å². The summed E-state index contributed by atoms with van der Waals surface area (Å²) >= 11 is 5.00. The highest BCUT2D eigenvalue weighted by atomic mass is 79.9. The smallest absolute Gasteiger partial charge is 0.107 e. The Morgan fingerprint density at radius 1 is 1.43 bits per heavy atom. The zero-order valence-corrected chi connectivity index (χ0v) is 10.2. The van der Waals surface area contributed by atoms with E-state index < -0.39 is 0 Å². The van der Waals surface area contributed by atoms with Crippen molar-refractivity contribution in [1.82, 2.24) is 0 Å². The highest BCUT2D eigenvalue weighted by Crippen LogP contribution is 2.30. The molecular formula is C11H10BrNS. The second-order valence-electron chi connectivity index (χ2n) is 2.55. The molecule has 0 radical (unpaired) electrons. The zero-order valence-electron chi connectivity index (χ0n) is 7.83. The number of nitrogens with zero attached hydrogens (tertiary/aromatic N) is 1. The van der Waals surface area contributed by atoms with Crippen LogP contribution in [0, 0.1) is 11.3 Å². The molecule has 0 fully saturated rings. The van der Waals surface area contributed by atoms with Gasteiger partial charge in [-0.2, -0.15) is 5.26 Å². The standard InChI is InChI=1S/C11H10BrNS/c1-2-14-10(8-13)11(12)9-6-4-3-5-7-9/h3-7H,2H2,1H3/b11-10-. The maximum Gasteiger partial charge on any atom is 0.107 e. The van der Waals surface area contributed by atoms with Gasteiger partial charge in [0.1, 0.15) is 6.07 Å². The molecule has 0 saturated carbocycles. The number of halogens is 1. The molecule has 3 heteroatoms. The molecule has 1 aromatic rings. The third kappa shape index (κ3) is 2.90. The lowest BCUT2D eigenvalue weighted by atomic mass is 10.2. The summed E-state index contributed by atoms with van der Waals surface area (Å²) in [5, 5.41) is 8.93. The molecule has 0 amide bonds. The minimum Gasteiger partial charge on any atom is -0.192 e. The van der Waals surface area contributed by atoms with E-state index in [4.69, 9.17) is 5.26 Å². The molecule has 0 aliphatic carbocycles. The van der Waals surface area contributed by atoms with Crippen LogP contribution in [0.2, 0.25) is 0 Å². The summed E-state index contributed by atoms with van der Waals surface area (Å²) in [6, 6.07) is 12.0. The average molecular weight is 268 g/mol. The zero-order chi connectivity index (χ0) is 10.4. The number of hydrogen-bond donors (Lipinski definition) is 0. The van der Waals surface area contributed by atoms with Crippen LogP contribution >= 0.6 is 27.7 Å². The first-order valence-electron chi connectivity index (χ1n) is 4.27. The maximum absolute atomic E-state index is 8.93. The first-order valence-corrected chi connectivity index (χ1v) is 6.05. The van der Waals surface area contributed by atoms with E-state index >= 15 is 0 Å². The van der Waals surface area contributed by atoms with Crippen LogP contribution in [0.1, 0.15) is 12.5 Å². The van der Waals surface area contributed by atoms with Crippen LogP contribution in [0.4, 0.5) is 0 Å². The summed E-state index contributed by atoms with van der Waals surface area (Å²) < 4.78 is 0.882. The van der Waals surface area contributed by atoms with Gasteiger partial charge < -0.3 is 0 Å². The topological polar surface area (TPSA) is 23.8 Å². The molecule has 72 valence electrons. The molecule has 1 aromatic carbocycles. The SMILES string of the molecule is CCS/C(C#N)=C(\Br)c1ccccc1. The van der Waals surface area contributed by atoms with Crippen molar-refractivity contribution in [2.24, 2.45) is 0 Å². The van der Waals surface area contributed by atoms with E-state index in [1.165, 1.54) is 0 Å². The van der Waals surface area contributed by atoms with Crippen LogP contribution in [-0.4, -0.2) is 5.75 Å². The number of allylic oxidation sites excluding steroid dienone is 1. The van der Waals surface area contributed by atoms with Gasteiger partial charge in [-0.1, -0.05) is 37.3 Å². The van der Waals surface area contributed by atoms with Crippen LogP contribution < -0.4 is 0 Å². The van der Waals surface area contributed by atoms with Crippen LogP contribution in [-0.2, 0) is 0 Å². The molecule has 0 bridgehead atoms. The Balaban J connectivity index is 3.03. The van der Waals surface area contributed by atoms with Gasteiger partial charge in [0.2, 0.25) is 0 Å².